The molecule has 1 N–H and O–H groups in total. The van der Waals surface area contributed by atoms with Crippen molar-refractivity contribution in [3.05, 3.63) is 0 Å². The zero-order valence-electron chi connectivity index (χ0n) is 8.16. The third-order valence-electron chi connectivity index (χ3n) is 4.81. The fourth-order valence-corrected chi connectivity index (χ4v) is 4.70. The lowest BCUT2D eigenvalue weighted by molar-refractivity contribution is -0.115. The van der Waals surface area contributed by atoms with Crippen LogP contribution in [0, 0.1) is 17.8 Å². The molecule has 1 amide bonds. The fourth-order valence-electron chi connectivity index (χ4n) is 4.70. The lowest BCUT2D eigenvalue weighted by Gasteiger charge is -2.56. The molecule has 1 aliphatic heterocycles. The maximum absolute atomic E-state index is 11.3. The molecule has 76 valence electrons. The van der Waals surface area contributed by atoms with Crippen LogP contribution in [0.1, 0.15) is 32.1 Å². The van der Waals surface area contributed by atoms with Gasteiger partial charge in [-0.25, -0.2) is 4.79 Å². The molecule has 1 heterocycles. The normalized spacial score (nSPS) is 58.1. The summed E-state index contributed by atoms with van der Waals surface area (Å²) in [5, 5.41) is 3.03. The van der Waals surface area contributed by atoms with Crippen molar-refractivity contribution in [3.63, 3.8) is 0 Å². The van der Waals surface area contributed by atoms with Crippen LogP contribution < -0.4 is 5.32 Å². The highest BCUT2D eigenvalue weighted by Crippen LogP contribution is 2.58. The van der Waals surface area contributed by atoms with Gasteiger partial charge in [0.2, 0.25) is 0 Å². The van der Waals surface area contributed by atoms with Gasteiger partial charge in [0, 0.05) is 0 Å². The van der Waals surface area contributed by atoms with Crippen molar-refractivity contribution >= 4 is 6.09 Å². The zero-order valence-corrected chi connectivity index (χ0v) is 8.16. The molecule has 14 heavy (non-hydrogen) atoms. The van der Waals surface area contributed by atoms with E-state index in [-0.39, 0.29) is 11.7 Å². The van der Waals surface area contributed by atoms with Crippen LogP contribution in [0.2, 0.25) is 0 Å². The van der Waals surface area contributed by atoms with Gasteiger partial charge in [-0.05, 0) is 49.9 Å². The van der Waals surface area contributed by atoms with Crippen molar-refractivity contribution in [2.75, 3.05) is 0 Å². The molecule has 0 aromatic carbocycles. The summed E-state index contributed by atoms with van der Waals surface area (Å²) >= 11 is 0. The highest BCUT2D eigenvalue weighted by Gasteiger charge is 2.62. The van der Waals surface area contributed by atoms with E-state index in [1.807, 2.05) is 0 Å². The topological polar surface area (TPSA) is 38.3 Å². The highest BCUT2D eigenvalue weighted by atomic mass is 16.6. The van der Waals surface area contributed by atoms with E-state index in [9.17, 15) is 4.79 Å². The van der Waals surface area contributed by atoms with Crippen LogP contribution in [0.4, 0.5) is 4.79 Å². The Balaban J connectivity index is 1.80. The second kappa shape index (κ2) is 2.10. The quantitative estimate of drug-likeness (QED) is 0.635. The summed E-state index contributed by atoms with van der Waals surface area (Å²) in [6.07, 6.45) is 6.14. The highest BCUT2D eigenvalue weighted by molar-refractivity contribution is 5.71. The second-order valence-electron chi connectivity index (χ2n) is 5.68. The Morgan fingerprint density at radius 3 is 2.64 bits per heavy atom. The molecular weight excluding hydrogens is 178 g/mol. The van der Waals surface area contributed by atoms with Gasteiger partial charge in [-0.3, -0.25) is 0 Å². The Kier molecular flexibility index (Phi) is 1.13. The van der Waals surface area contributed by atoms with Gasteiger partial charge in [0.05, 0.1) is 6.04 Å². The molecule has 0 radical (unpaired) electrons. The number of carbonyl (C=O) groups is 1. The van der Waals surface area contributed by atoms with E-state index in [4.69, 9.17) is 4.74 Å². The van der Waals surface area contributed by atoms with Crippen LogP contribution in [0.5, 0.6) is 0 Å². The number of hydrogen-bond donors (Lipinski definition) is 1. The third kappa shape index (κ3) is 0.733. The van der Waals surface area contributed by atoms with Crippen LogP contribution >= 0.6 is 0 Å². The fraction of sp³-hybridized carbons (Fsp3) is 0.909. The minimum Gasteiger partial charge on any atom is -0.441 e. The first kappa shape index (κ1) is 7.55. The average molecular weight is 193 g/mol. The molecule has 0 aromatic rings. The largest absolute Gasteiger partial charge is 0.441 e. The Bertz CT molecular complexity index is 300. The Morgan fingerprint density at radius 2 is 1.93 bits per heavy atom. The van der Waals surface area contributed by atoms with Crippen LogP contribution in [0.25, 0.3) is 0 Å². The van der Waals surface area contributed by atoms with Gasteiger partial charge in [-0.2, -0.15) is 0 Å². The monoisotopic (exact) mass is 193 g/mol. The number of amides is 1. The van der Waals surface area contributed by atoms with Crippen LogP contribution in [-0.4, -0.2) is 17.7 Å². The Labute approximate surface area is 83.2 Å². The predicted molar refractivity (Wildman–Crippen MR) is 49.7 cm³/mol. The minimum atomic E-state index is -0.164. The zero-order chi connectivity index (χ0) is 9.34. The number of rotatable bonds is 0. The van der Waals surface area contributed by atoms with Crippen LogP contribution in [-0.2, 0) is 4.74 Å². The van der Waals surface area contributed by atoms with Crippen molar-refractivity contribution in [2.45, 2.75) is 43.7 Å². The van der Waals surface area contributed by atoms with E-state index in [0.29, 0.717) is 12.0 Å². The summed E-state index contributed by atoms with van der Waals surface area (Å²) in [5.41, 5.74) is -0.0775. The van der Waals surface area contributed by atoms with Crippen molar-refractivity contribution in [1.29, 1.82) is 0 Å². The lowest BCUT2D eigenvalue weighted by atomic mass is 9.52. The lowest BCUT2D eigenvalue weighted by Crippen LogP contribution is -2.61. The van der Waals surface area contributed by atoms with Crippen molar-refractivity contribution < 1.29 is 9.53 Å². The van der Waals surface area contributed by atoms with Gasteiger partial charge in [0.15, 0.2) is 0 Å². The molecule has 3 nitrogen and oxygen atoms in total. The minimum absolute atomic E-state index is 0.0775. The van der Waals surface area contributed by atoms with E-state index < -0.39 is 0 Å². The molecule has 3 heteroatoms. The average Bonchev–Trinajstić information content (AvgIpc) is 2.40. The van der Waals surface area contributed by atoms with E-state index >= 15 is 0 Å². The third-order valence-corrected chi connectivity index (χ3v) is 4.81. The summed E-state index contributed by atoms with van der Waals surface area (Å²) in [6.45, 7) is 0. The number of alkyl carbamates (subject to hydrolysis) is 1. The van der Waals surface area contributed by atoms with Gasteiger partial charge in [-0.1, -0.05) is 0 Å². The van der Waals surface area contributed by atoms with Crippen molar-refractivity contribution in [3.8, 4) is 0 Å². The van der Waals surface area contributed by atoms with Crippen molar-refractivity contribution in [2.24, 2.45) is 17.8 Å². The van der Waals surface area contributed by atoms with E-state index in [2.05, 4.69) is 5.32 Å². The molecule has 4 bridgehead atoms. The summed E-state index contributed by atoms with van der Waals surface area (Å²) in [4.78, 5) is 11.3. The SMILES string of the molecule is O=C1N[C@H]2C3C[C@@H]4C[C@H](C3)CC2(C4)O1. The summed E-state index contributed by atoms with van der Waals surface area (Å²) in [6, 6.07) is 0.350. The first-order valence-corrected chi connectivity index (χ1v) is 5.75. The molecule has 2 unspecified atom stereocenters. The Morgan fingerprint density at radius 1 is 1.21 bits per heavy atom. The molecule has 5 rings (SSSR count). The number of ether oxygens (including phenoxy) is 1. The van der Waals surface area contributed by atoms with Gasteiger partial charge in [0.1, 0.15) is 5.60 Å². The van der Waals surface area contributed by atoms with E-state index in [0.717, 1.165) is 24.7 Å². The maximum atomic E-state index is 11.3. The molecule has 1 saturated heterocycles. The van der Waals surface area contributed by atoms with Gasteiger partial charge < -0.3 is 10.1 Å². The standard InChI is InChI=1S/C11H15NO2/c13-10-12-9-8-2-6-1-7(3-8)5-11(9,4-6)14-10/h6-9H,1-5H2,(H,12,13)/t6-,7+,8?,9-,11?/m0/s1. The molecule has 5 atom stereocenters. The molecule has 0 aromatic heterocycles. The summed E-state index contributed by atoms with van der Waals surface area (Å²) < 4.78 is 5.57. The number of carbonyl (C=O) groups excluding carboxylic acids is 1. The first-order valence-electron chi connectivity index (χ1n) is 5.75. The second-order valence-corrected chi connectivity index (χ2v) is 5.68. The van der Waals surface area contributed by atoms with Gasteiger partial charge in [-0.15, -0.1) is 0 Å². The maximum Gasteiger partial charge on any atom is 0.408 e. The molecule has 5 fully saturated rings. The van der Waals surface area contributed by atoms with Crippen LogP contribution in [0.15, 0.2) is 0 Å². The van der Waals surface area contributed by atoms with Crippen LogP contribution in [0.3, 0.4) is 0 Å². The summed E-state index contributed by atoms with van der Waals surface area (Å²) in [7, 11) is 0. The molecule has 4 aliphatic carbocycles. The molecule has 1 spiro atoms. The number of nitrogens with one attached hydrogen (secondary N) is 1. The van der Waals surface area contributed by atoms with Crippen molar-refractivity contribution in [1.82, 2.24) is 5.32 Å². The van der Waals surface area contributed by atoms with E-state index in [1.165, 1.54) is 19.3 Å². The van der Waals surface area contributed by atoms with E-state index in [1.54, 1.807) is 0 Å². The molecule has 5 aliphatic rings. The molecule has 4 saturated carbocycles. The Hall–Kier alpha value is -0.730. The smallest absolute Gasteiger partial charge is 0.408 e. The predicted octanol–water partition coefficient (Wildman–Crippen LogP) is 1.67. The van der Waals surface area contributed by atoms with Gasteiger partial charge in [0.25, 0.3) is 0 Å². The number of hydrogen-bond acceptors (Lipinski definition) is 2. The summed E-state index contributed by atoms with van der Waals surface area (Å²) in [5.74, 6) is 2.40. The molecular formula is C11H15NO2. The first-order chi connectivity index (χ1) is 6.75. The van der Waals surface area contributed by atoms with Gasteiger partial charge >= 0.3 is 6.09 Å².